The Hall–Kier alpha value is -1.59. The topological polar surface area (TPSA) is 44.5 Å². The molecule has 16 heavy (non-hydrogen) atoms. The van der Waals surface area contributed by atoms with E-state index in [1.165, 1.54) is 6.07 Å². The minimum Gasteiger partial charge on any atom is -0.489 e. The van der Waals surface area contributed by atoms with Gasteiger partial charge in [-0.2, -0.15) is 13.2 Å². The Bertz CT molecular complexity index is 404. The second-order valence-corrected chi connectivity index (χ2v) is 3.44. The van der Waals surface area contributed by atoms with Gasteiger partial charge in [0.1, 0.15) is 5.56 Å². The molecule has 0 radical (unpaired) electrons. The minimum atomic E-state index is -4.49. The van der Waals surface area contributed by atoms with Crippen molar-refractivity contribution in [2.45, 2.75) is 12.6 Å². The fourth-order valence-electron chi connectivity index (χ4n) is 1.51. The summed E-state index contributed by atoms with van der Waals surface area (Å²) < 4.78 is 48.3. The van der Waals surface area contributed by atoms with Crippen LogP contribution in [0.2, 0.25) is 0 Å². The summed E-state index contributed by atoms with van der Waals surface area (Å²) in [5, 5.41) is 0. The number of ether oxygens (including phenoxy) is 2. The number of halogens is 3. The Morgan fingerprint density at radius 3 is 2.50 bits per heavy atom. The SMILES string of the molecule is Nc1cc2c(c(C(F)(F)F)c1)OCCCO2. The average molecular weight is 233 g/mol. The molecule has 88 valence electrons. The summed E-state index contributed by atoms with van der Waals surface area (Å²) in [5.74, 6) is -0.205. The highest BCUT2D eigenvalue weighted by Gasteiger charge is 2.37. The maximum absolute atomic E-state index is 12.7. The zero-order valence-corrected chi connectivity index (χ0v) is 8.30. The Labute approximate surface area is 89.9 Å². The zero-order valence-electron chi connectivity index (χ0n) is 8.30. The molecule has 0 atom stereocenters. The number of hydrogen-bond acceptors (Lipinski definition) is 3. The van der Waals surface area contributed by atoms with Crippen LogP contribution in [0.25, 0.3) is 0 Å². The van der Waals surface area contributed by atoms with Crippen LogP contribution >= 0.6 is 0 Å². The van der Waals surface area contributed by atoms with Gasteiger partial charge >= 0.3 is 6.18 Å². The van der Waals surface area contributed by atoms with Crippen LogP contribution in [0.3, 0.4) is 0 Å². The van der Waals surface area contributed by atoms with Crippen molar-refractivity contribution in [1.29, 1.82) is 0 Å². The lowest BCUT2D eigenvalue weighted by Crippen LogP contribution is -2.09. The number of fused-ring (bicyclic) bond motifs is 1. The van der Waals surface area contributed by atoms with Gasteiger partial charge in [-0.3, -0.25) is 0 Å². The Morgan fingerprint density at radius 2 is 1.81 bits per heavy atom. The number of benzene rings is 1. The van der Waals surface area contributed by atoms with Gasteiger partial charge in [-0.15, -0.1) is 0 Å². The molecule has 1 aliphatic rings. The van der Waals surface area contributed by atoms with E-state index in [0.717, 1.165) is 6.07 Å². The van der Waals surface area contributed by atoms with E-state index in [9.17, 15) is 13.2 Å². The molecule has 1 aromatic rings. The first kappa shape index (κ1) is 10.9. The number of nitrogen functional groups attached to an aromatic ring is 1. The monoisotopic (exact) mass is 233 g/mol. The molecule has 0 saturated carbocycles. The van der Waals surface area contributed by atoms with Gasteiger partial charge in [0.25, 0.3) is 0 Å². The van der Waals surface area contributed by atoms with Crippen LogP contribution in [0, 0.1) is 0 Å². The summed E-state index contributed by atoms with van der Waals surface area (Å²) in [6.07, 6.45) is -3.95. The van der Waals surface area contributed by atoms with Crippen LogP contribution in [0.15, 0.2) is 12.1 Å². The summed E-state index contributed by atoms with van der Waals surface area (Å²) in [4.78, 5) is 0. The van der Waals surface area contributed by atoms with Crippen LogP contribution in [-0.2, 0) is 6.18 Å². The third-order valence-electron chi connectivity index (χ3n) is 2.18. The molecule has 2 N–H and O–H groups in total. The van der Waals surface area contributed by atoms with Crippen LogP contribution < -0.4 is 15.2 Å². The molecule has 0 spiro atoms. The van der Waals surface area contributed by atoms with Crippen molar-refractivity contribution < 1.29 is 22.6 Å². The average Bonchev–Trinajstić information content (AvgIpc) is 2.39. The highest BCUT2D eigenvalue weighted by molar-refractivity contribution is 5.58. The molecule has 0 bridgehead atoms. The van der Waals surface area contributed by atoms with Gasteiger partial charge in [-0.05, 0) is 6.07 Å². The predicted molar refractivity (Wildman–Crippen MR) is 51.5 cm³/mol. The van der Waals surface area contributed by atoms with E-state index >= 15 is 0 Å². The van der Waals surface area contributed by atoms with Gasteiger partial charge in [-0.25, -0.2) is 0 Å². The molecular weight excluding hydrogens is 223 g/mol. The minimum absolute atomic E-state index is 0.0107. The zero-order chi connectivity index (χ0) is 11.8. The number of alkyl halides is 3. The maximum atomic E-state index is 12.7. The van der Waals surface area contributed by atoms with E-state index < -0.39 is 11.7 Å². The number of hydrogen-bond donors (Lipinski definition) is 1. The van der Waals surface area contributed by atoms with Crippen LogP contribution in [-0.4, -0.2) is 13.2 Å². The summed E-state index contributed by atoms with van der Waals surface area (Å²) in [7, 11) is 0. The molecule has 1 aliphatic heterocycles. The van der Waals surface area contributed by atoms with E-state index in [2.05, 4.69) is 0 Å². The molecule has 1 aromatic carbocycles. The molecule has 0 fully saturated rings. The molecule has 1 heterocycles. The molecule has 0 aliphatic carbocycles. The van der Waals surface area contributed by atoms with Crippen molar-refractivity contribution in [3.8, 4) is 11.5 Å². The standard InChI is InChI=1S/C10H10F3NO2/c11-10(12,13)7-4-6(14)5-8-9(7)16-3-1-2-15-8/h4-5H,1-3,14H2. The fourth-order valence-corrected chi connectivity index (χ4v) is 1.51. The Morgan fingerprint density at radius 1 is 1.12 bits per heavy atom. The second kappa shape index (κ2) is 3.77. The van der Waals surface area contributed by atoms with Gasteiger partial charge in [0.15, 0.2) is 11.5 Å². The van der Waals surface area contributed by atoms with Crippen LogP contribution in [0.4, 0.5) is 18.9 Å². The largest absolute Gasteiger partial charge is 0.489 e. The Kier molecular flexibility index (Phi) is 2.57. The third-order valence-corrected chi connectivity index (χ3v) is 2.18. The Balaban J connectivity index is 2.55. The second-order valence-electron chi connectivity index (χ2n) is 3.44. The molecule has 0 unspecified atom stereocenters. The highest BCUT2D eigenvalue weighted by Crippen LogP contribution is 2.44. The molecule has 2 rings (SSSR count). The van der Waals surface area contributed by atoms with Crippen LogP contribution in [0.5, 0.6) is 11.5 Å². The quantitative estimate of drug-likeness (QED) is 0.700. The van der Waals surface area contributed by atoms with E-state index in [4.69, 9.17) is 15.2 Å². The molecule has 6 heteroatoms. The summed E-state index contributed by atoms with van der Waals surface area (Å²) in [5.41, 5.74) is 4.52. The molecule has 3 nitrogen and oxygen atoms in total. The normalized spacial score (nSPS) is 15.7. The first-order valence-corrected chi connectivity index (χ1v) is 4.75. The number of anilines is 1. The fraction of sp³-hybridized carbons (Fsp3) is 0.400. The van der Waals surface area contributed by atoms with Gasteiger partial charge in [0.2, 0.25) is 0 Å². The summed E-state index contributed by atoms with van der Waals surface area (Å²) in [6.45, 7) is 0.535. The predicted octanol–water partition coefficient (Wildman–Crippen LogP) is 2.45. The van der Waals surface area contributed by atoms with Crippen molar-refractivity contribution in [1.82, 2.24) is 0 Å². The van der Waals surface area contributed by atoms with Crippen molar-refractivity contribution >= 4 is 5.69 Å². The smallest absolute Gasteiger partial charge is 0.420 e. The van der Waals surface area contributed by atoms with Crippen molar-refractivity contribution in [3.05, 3.63) is 17.7 Å². The van der Waals surface area contributed by atoms with Crippen LogP contribution in [0.1, 0.15) is 12.0 Å². The van der Waals surface area contributed by atoms with E-state index in [-0.39, 0.29) is 23.8 Å². The summed E-state index contributed by atoms with van der Waals surface area (Å²) in [6, 6.07) is 2.20. The molecule has 0 aromatic heterocycles. The summed E-state index contributed by atoms with van der Waals surface area (Å²) >= 11 is 0. The molecule has 0 amide bonds. The van der Waals surface area contributed by atoms with Gasteiger partial charge < -0.3 is 15.2 Å². The lowest BCUT2D eigenvalue weighted by atomic mass is 10.1. The van der Waals surface area contributed by atoms with Crippen molar-refractivity contribution in [2.75, 3.05) is 18.9 Å². The first-order valence-electron chi connectivity index (χ1n) is 4.75. The van der Waals surface area contributed by atoms with E-state index in [0.29, 0.717) is 13.0 Å². The third kappa shape index (κ3) is 2.00. The van der Waals surface area contributed by atoms with Crippen molar-refractivity contribution in [3.63, 3.8) is 0 Å². The lowest BCUT2D eigenvalue weighted by molar-refractivity contribution is -0.138. The lowest BCUT2D eigenvalue weighted by Gasteiger charge is -2.15. The van der Waals surface area contributed by atoms with Gasteiger partial charge in [0.05, 0.1) is 13.2 Å². The molecule has 0 saturated heterocycles. The first-order chi connectivity index (χ1) is 7.48. The van der Waals surface area contributed by atoms with Gasteiger partial charge in [-0.1, -0.05) is 0 Å². The number of rotatable bonds is 0. The molecular formula is C10H10F3NO2. The number of nitrogens with two attached hydrogens (primary N) is 1. The van der Waals surface area contributed by atoms with Gasteiger partial charge in [0, 0.05) is 18.2 Å². The van der Waals surface area contributed by atoms with E-state index in [1.807, 2.05) is 0 Å². The maximum Gasteiger partial charge on any atom is 0.420 e. The highest BCUT2D eigenvalue weighted by atomic mass is 19.4. The van der Waals surface area contributed by atoms with E-state index in [1.54, 1.807) is 0 Å². The van der Waals surface area contributed by atoms with Crippen molar-refractivity contribution in [2.24, 2.45) is 0 Å².